The van der Waals surface area contributed by atoms with E-state index in [0.29, 0.717) is 6.04 Å². The van der Waals surface area contributed by atoms with Crippen LogP contribution in [-0.4, -0.2) is 7.05 Å². The molecule has 3 rings (SSSR count). The summed E-state index contributed by atoms with van der Waals surface area (Å²) in [4.78, 5) is 0. The molecular formula is C13H18BrNO. The second-order valence-corrected chi connectivity index (χ2v) is 5.88. The maximum absolute atomic E-state index is 5.70. The van der Waals surface area contributed by atoms with Crippen LogP contribution in [0, 0.1) is 17.8 Å². The number of halogens is 1. The van der Waals surface area contributed by atoms with Gasteiger partial charge in [-0.2, -0.15) is 0 Å². The zero-order chi connectivity index (χ0) is 11.1. The van der Waals surface area contributed by atoms with Crippen molar-refractivity contribution in [2.45, 2.75) is 31.7 Å². The molecule has 1 heterocycles. The van der Waals surface area contributed by atoms with Gasteiger partial charge >= 0.3 is 0 Å². The van der Waals surface area contributed by atoms with Crippen molar-refractivity contribution in [3.63, 3.8) is 0 Å². The molecular weight excluding hydrogens is 266 g/mol. The van der Waals surface area contributed by atoms with Gasteiger partial charge < -0.3 is 9.73 Å². The van der Waals surface area contributed by atoms with E-state index in [9.17, 15) is 0 Å². The molecule has 2 aliphatic rings. The number of nitrogens with one attached hydrogen (secondary N) is 1. The number of hydrogen-bond acceptors (Lipinski definition) is 2. The molecule has 3 heteroatoms. The van der Waals surface area contributed by atoms with Gasteiger partial charge in [0.05, 0.1) is 6.04 Å². The van der Waals surface area contributed by atoms with E-state index in [2.05, 4.69) is 27.3 Å². The molecule has 0 aromatic carbocycles. The van der Waals surface area contributed by atoms with Crippen molar-refractivity contribution in [1.29, 1.82) is 0 Å². The Morgan fingerprint density at radius 1 is 1.31 bits per heavy atom. The maximum Gasteiger partial charge on any atom is 0.169 e. The minimum Gasteiger partial charge on any atom is -0.453 e. The summed E-state index contributed by atoms with van der Waals surface area (Å²) in [6, 6.07) is 4.50. The molecule has 1 aromatic heterocycles. The molecule has 16 heavy (non-hydrogen) atoms. The fraction of sp³-hybridized carbons (Fsp3) is 0.692. The molecule has 2 fully saturated rings. The third-order valence-electron chi connectivity index (χ3n) is 4.32. The lowest BCUT2D eigenvalue weighted by atomic mass is 10.0. The van der Waals surface area contributed by atoms with Gasteiger partial charge in [0.25, 0.3) is 0 Å². The normalized spacial score (nSPS) is 34.5. The van der Waals surface area contributed by atoms with Gasteiger partial charge in [-0.15, -0.1) is 0 Å². The lowest BCUT2D eigenvalue weighted by molar-refractivity contribution is 0.374. The Balaban J connectivity index is 1.77. The van der Waals surface area contributed by atoms with Crippen LogP contribution in [0.25, 0.3) is 0 Å². The molecule has 88 valence electrons. The lowest BCUT2D eigenvalue weighted by Gasteiger charge is -2.13. The Kier molecular flexibility index (Phi) is 2.84. The first-order valence-electron chi connectivity index (χ1n) is 6.24. The Morgan fingerprint density at radius 3 is 2.50 bits per heavy atom. The van der Waals surface area contributed by atoms with Crippen LogP contribution in [0.3, 0.4) is 0 Å². The van der Waals surface area contributed by atoms with Gasteiger partial charge in [0, 0.05) is 0 Å². The molecule has 1 N–H and O–H groups in total. The third kappa shape index (κ3) is 1.74. The summed E-state index contributed by atoms with van der Waals surface area (Å²) in [5.41, 5.74) is 0. The first-order valence-corrected chi connectivity index (χ1v) is 7.03. The average molecular weight is 284 g/mol. The van der Waals surface area contributed by atoms with Crippen molar-refractivity contribution in [2.75, 3.05) is 7.05 Å². The van der Waals surface area contributed by atoms with Gasteiger partial charge in [0.2, 0.25) is 0 Å². The van der Waals surface area contributed by atoms with Gasteiger partial charge in [-0.05, 0) is 65.7 Å². The topological polar surface area (TPSA) is 25.2 Å². The van der Waals surface area contributed by atoms with Crippen LogP contribution in [0.1, 0.15) is 37.5 Å². The Labute approximate surface area is 105 Å². The van der Waals surface area contributed by atoms with Crippen LogP contribution in [0.15, 0.2) is 21.2 Å². The molecule has 3 atom stereocenters. The van der Waals surface area contributed by atoms with Crippen LogP contribution in [0.4, 0.5) is 0 Å². The van der Waals surface area contributed by atoms with E-state index < -0.39 is 0 Å². The van der Waals surface area contributed by atoms with Crippen LogP contribution in [0.2, 0.25) is 0 Å². The van der Waals surface area contributed by atoms with E-state index in [1.807, 2.05) is 13.1 Å². The van der Waals surface area contributed by atoms with Crippen LogP contribution in [-0.2, 0) is 0 Å². The van der Waals surface area contributed by atoms with Crippen molar-refractivity contribution in [3.8, 4) is 0 Å². The summed E-state index contributed by atoms with van der Waals surface area (Å²) < 4.78 is 6.54. The Morgan fingerprint density at radius 2 is 2.00 bits per heavy atom. The predicted molar refractivity (Wildman–Crippen MR) is 67.1 cm³/mol. The van der Waals surface area contributed by atoms with Crippen LogP contribution in [0.5, 0.6) is 0 Å². The summed E-state index contributed by atoms with van der Waals surface area (Å²) in [5.74, 6) is 3.81. The molecule has 2 saturated carbocycles. The molecule has 0 radical (unpaired) electrons. The van der Waals surface area contributed by atoms with Crippen LogP contribution >= 0.6 is 15.9 Å². The van der Waals surface area contributed by atoms with E-state index in [1.54, 1.807) is 0 Å². The van der Waals surface area contributed by atoms with E-state index >= 15 is 0 Å². The third-order valence-corrected chi connectivity index (χ3v) is 4.75. The van der Waals surface area contributed by atoms with Crippen molar-refractivity contribution in [3.05, 3.63) is 22.6 Å². The molecule has 0 bridgehead atoms. The first-order chi connectivity index (χ1) is 7.81. The zero-order valence-corrected chi connectivity index (χ0v) is 11.2. The highest BCUT2D eigenvalue weighted by Crippen LogP contribution is 2.60. The van der Waals surface area contributed by atoms with Crippen molar-refractivity contribution < 1.29 is 4.42 Å². The van der Waals surface area contributed by atoms with Gasteiger partial charge in [0.1, 0.15) is 5.76 Å². The number of hydrogen-bond donors (Lipinski definition) is 1. The smallest absolute Gasteiger partial charge is 0.169 e. The maximum atomic E-state index is 5.70. The Hall–Kier alpha value is -0.280. The monoisotopic (exact) mass is 283 g/mol. The number of rotatable bonds is 3. The largest absolute Gasteiger partial charge is 0.453 e. The molecule has 0 aliphatic heterocycles. The summed E-state index contributed by atoms with van der Waals surface area (Å²) >= 11 is 3.38. The van der Waals surface area contributed by atoms with E-state index in [-0.39, 0.29) is 0 Å². The average Bonchev–Trinajstić information content (AvgIpc) is 2.86. The van der Waals surface area contributed by atoms with Gasteiger partial charge in [-0.3, -0.25) is 0 Å². The zero-order valence-electron chi connectivity index (χ0n) is 9.58. The molecule has 3 unspecified atom stereocenters. The van der Waals surface area contributed by atoms with Crippen molar-refractivity contribution >= 4 is 15.9 Å². The fourth-order valence-electron chi connectivity index (χ4n) is 3.56. The van der Waals surface area contributed by atoms with Crippen molar-refractivity contribution in [1.82, 2.24) is 5.32 Å². The highest BCUT2D eigenvalue weighted by Gasteiger charge is 2.54. The highest BCUT2D eigenvalue weighted by atomic mass is 79.9. The number of fused-ring (bicyclic) bond motifs is 1. The van der Waals surface area contributed by atoms with Crippen molar-refractivity contribution in [2.24, 2.45) is 17.8 Å². The van der Waals surface area contributed by atoms with E-state index in [0.717, 1.165) is 28.2 Å². The molecule has 0 saturated heterocycles. The summed E-state index contributed by atoms with van der Waals surface area (Å²) in [5, 5.41) is 3.44. The predicted octanol–water partition coefficient (Wildman–Crippen LogP) is 3.74. The van der Waals surface area contributed by atoms with Gasteiger partial charge in [-0.25, -0.2) is 0 Å². The molecule has 2 nitrogen and oxygen atoms in total. The summed E-state index contributed by atoms with van der Waals surface area (Å²) in [6.07, 6.45) is 5.71. The first kappa shape index (κ1) is 10.8. The second kappa shape index (κ2) is 4.19. The summed E-state index contributed by atoms with van der Waals surface area (Å²) in [7, 11) is 2.05. The Bertz CT molecular complexity index is 364. The van der Waals surface area contributed by atoms with E-state index in [4.69, 9.17) is 4.42 Å². The molecule has 0 spiro atoms. The quantitative estimate of drug-likeness (QED) is 0.914. The second-order valence-electron chi connectivity index (χ2n) is 5.10. The van der Waals surface area contributed by atoms with Gasteiger partial charge in [-0.1, -0.05) is 12.8 Å². The minimum atomic E-state index is 0.416. The van der Waals surface area contributed by atoms with E-state index in [1.165, 1.54) is 25.7 Å². The standard InChI is InChI=1S/C13H18BrNO/c1-15-13(10-6-7-11(14)16-10)12-8-4-2-3-5-9(8)12/h6-9,12-13,15H,2-5H2,1H3. The molecule has 1 aromatic rings. The fourth-order valence-corrected chi connectivity index (χ4v) is 3.88. The lowest BCUT2D eigenvalue weighted by Crippen LogP contribution is -2.19. The summed E-state index contributed by atoms with van der Waals surface area (Å²) in [6.45, 7) is 0. The number of furan rings is 1. The van der Waals surface area contributed by atoms with Gasteiger partial charge in [0.15, 0.2) is 4.67 Å². The highest BCUT2D eigenvalue weighted by molar-refractivity contribution is 9.10. The van der Waals surface area contributed by atoms with Crippen LogP contribution < -0.4 is 5.32 Å². The molecule has 0 amide bonds. The SMILES string of the molecule is CNC(c1ccc(Br)o1)C1C2CCCCC21. The molecule has 2 aliphatic carbocycles. The minimum absolute atomic E-state index is 0.416.